The van der Waals surface area contributed by atoms with E-state index in [1.54, 1.807) is 34.2 Å². The molecule has 4 rings (SSSR count). The topological polar surface area (TPSA) is 119 Å². The number of piperidine rings is 1. The SMILES string of the molecule is COc1cccc(C(=O)N2CCC(O)(Cn3cc(C(=O)N4CCOCC4)nn3)CC2)c1OC. The average molecular weight is 460 g/mol. The molecule has 2 aliphatic rings. The van der Waals surface area contributed by atoms with E-state index in [0.717, 1.165) is 0 Å². The minimum absolute atomic E-state index is 0.174. The van der Waals surface area contributed by atoms with Crippen molar-refractivity contribution in [2.24, 2.45) is 0 Å². The van der Waals surface area contributed by atoms with Crippen molar-refractivity contribution in [1.82, 2.24) is 24.8 Å². The standard InChI is InChI=1S/C22H29N5O6/c1-31-18-5-3-4-16(19(18)32-2)20(28)25-8-6-22(30,7-9-25)15-27-14-17(23-24-27)21(29)26-10-12-33-13-11-26/h3-5,14,30H,6-13,15H2,1-2H3. The Balaban J connectivity index is 1.37. The van der Waals surface area contributed by atoms with Crippen molar-refractivity contribution in [2.45, 2.75) is 25.0 Å². The van der Waals surface area contributed by atoms with Gasteiger partial charge in [0.15, 0.2) is 17.2 Å². The number of morpholine rings is 1. The van der Waals surface area contributed by atoms with Crippen LogP contribution >= 0.6 is 0 Å². The molecule has 1 aromatic heterocycles. The van der Waals surface area contributed by atoms with E-state index in [-0.39, 0.29) is 24.1 Å². The molecular weight excluding hydrogens is 430 g/mol. The van der Waals surface area contributed by atoms with Gasteiger partial charge in [-0.05, 0) is 25.0 Å². The predicted molar refractivity (Wildman–Crippen MR) is 116 cm³/mol. The van der Waals surface area contributed by atoms with Gasteiger partial charge in [-0.15, -0.1) is 5.10 Å². The van der Waals surface area contributed by atoms with Crippen molar-refractivity contribution < 1.29 is 28.9 Å². The van der Waals surface area contributed by atoms with E-state index in [4.69, 9.17) is 14.2 Å². The van der Waals surface area contributed by atoms with Gasteiger partial charge >= 0.3 is 0 Å². The van der Waals surface area contributed by atoms with Crippen molar-refractivity contribution in [3.8, 4) is 11.5 Å². The van der Waals surface area contributed by atoms with Crippen LogP contribution in [-0.2, 0) is 11.3 Å². The summed E-state index contributed by atoms with van der Waals surface area (Å²) in [5.41, 5.74) is -0.384. The zero-order chi connectivity index (χ0) is 23.4. The molecule has 0 bridgehead atoms. The van der Waals surface area contributed by atoms with Crippen LogP contribution in [0.1, 0.15) is 33.7 Å². The van der Waals surface area contributed by atoms with E-state index < -0.39 is 5.60 Å². The Morgan fingerprint density at radius 1 is 1.06 bits per heavy atom. The van der Waals surface area contributed by atoms with Crippen LogP contribution in [0.4, 0.5) is 0 Å². The molecule has 0 aliphatic carbocycles. The fraction of sp³-hybridized carbons (Fsp3) is 0.545. The summed E-state index contributed by atoms with van der Waals surface area (Å²) in [5.74, 6) is 0.521. The molecule has 2 aromatic rings. The first kappa shape index (κ1) is 23.0. The van der Waals surface area contributed by atoms with Crippen LogP contribution in [0.2, 0.25) is 0 Å². The van der Waals surface area contributed by atoms with Gasteiger partial charge in [-0.3, -0.25) is 9.59 Å². The van der Waals surface area contributed by atoms with Gasteiger partial charge in [-0.25, -0.2) is 4.68 Å². The Labute approximate surface area is 191 Å². The summed E-state index contributed by atoms with van der Waals surface area (Å²) in [4.78, 5) is 29.0. The normalized spacial score (nSPS) is 18.2. The number of carbonyl (C=O) groups is 2. The second kappa shape index (κ2) is 9.75. The lowest BCUT2D eigenvalue weighted by Gasteiger charge is -2.38. The van der Waals surface area contributed by atoms with Gasteiger partial charge < -0.3 is 29.1 Å². The second-order valence-electron chi connectivity index (χ2n) is 8.26. The number of methoxy groups -OCH3 is 2. The van der Waals surface area contributed by atoms with Crippen LogP contribution in [-0.4, -0.2) is 101 Å². The van der Waals surface area contributed by atoms with Gasteiger partial charge in [0.25, 0.3) is 11.8 Å². The number of aliphatic hydroxyl groups is 1. The average Bonchev–Trinajstić information content (AvgIpc) is 3.31. The van der Waals surface area contributed by atoms with E-state index >= 15 is 0 Å². The number of rotatable bonds is 6. The number of benzene rings is 1. The molecule has 0 spiro atoms. The highest BCUT2D eigenvalue weighted by molar-refractivity contribution is 5.98. The van der Waals surface area contributed by atoms with Gasteiger partial charge in [0.1, 0.15) is 0 Å². The highest BCUT2D eigenvalue weighted by atomic mass is 16.5. The third-order valence-electron chi connectivity index (χ3n) is 6.13. The molecule has 0 atom stereocenters. The van der Waals surface area contributed by atoms with Crippen LogP contribution in [0.3, 0.4) is 0 Å². The Morgan fingerprint density at radius 2 is 1.76 bits per heavy atom. The van der Waals surface area contributed by atoms with E-state index in [9.17, 15) is 14.7 Å². The van der Waals surface area contributed by atoms with Crippen LogP contribution < -0.4 is 9.47 Å². The number of aromatic nitrogens is 3. The molecule has 0 saturated carbocycles. The zero-order valence-electron chi connectivity index (χ0n) is 18.9. The van der Waals surface area contributed by atoms with Gasteiger partial charge in [0.05, 0.1) is 51.3 Å². The Hall–Kier alpha value is -3.18. The van der Waals surface area contributed by atoms with E-state index in [2.05, 4.69) is 10.3 Å². The van der Waals surface area contributed by atoms with E-state index in [0.29, 0.717) is 69.3 Å². The molecule has 2 amide bonds. The van der Waals surface area contributed by atoms with Crippen molar-refractivity contribution >= 4 is 11.8 Å². The number of carbonyl (C=O) groups excluding carboxylic acids is 2. The van der Waals surface area contributed by atoms with Crippen molar-refractivity contribution in [3.63, 3.8) is 0 Å². The molecule has 3 heterocycles. The third kappa shape index (κ3) is 4.93. The number of amides is 2. The van der Waals surface area contributed by atoms with Gasteiger partial charge in [-0.1, -0.05) is 11.3 Å². The minimum atomic E-state index is -1.05. The van der Waals surface area contributed by atoms with Crippen LogP contribution in [0.5, 0.6) is 11.5 Å². The fourth-order valence-electron chi connectivity index (χ4n) is 4.21. The molecule has 33 heavy (non-hydrogen) atoms. The lowest BCUT2D eigenvalue weighted by Crippen LogP contribution is -2.48. The molecular formula is C22H29N5O6. The summed E-state index contributed by atoms with van der Waals surface area (Å²) in [6.45, 7) is 3.02. The number of likely N-dealkylation sites (tertiary alicyclic amines) is 1. The number of hydrogen-bond acceptors (Lipinski definition) is 8. The molecule has 0 unspecified atom stereocenters. The highest BCUT2D eigenvalue weighted by Crippen LogP contribution is 2.33. The summed E-state index contributed by atoms with van der Waals surface area (Å²) in [5, 5.41) is 19.1. The molecule has 1 aromatic carbocycles. The fourth-order valence-corrected chi connectivity index (χ4v) is 4.21. The maximum atomic E-state index is 13.1. The molecule has 178 valence electrons. The quantitative estimate of drug-likeness (QED) is 0.661. The maximum Gasteiger partial charge on any atom is 0.276 e. The van der Waals surface area contributed by atoms with Gasteiger partial charge in [0, 0.05) is 26.2 Å². The lowest BCUT2D eigenvalue weighted by atomic mass is 9.91. The minimum Gasteiger partial charge on any atom is -0.493 e. The first-order chi connectivity index (χ1) is 15.9. The lowest BCUT2D eigenvalue weighted by molar-refractivity contribution is -0.0318. The van der Waals surface area contributed by atoms with Crippen molar-refractivity contribution in [1.29, 1.82) is 0 Å². The number of para-hydroxylation sites is 1. The first-order valence-electron chi connectivity index (χ1n) is 10.9. The van der Waals surface area contributed by atoms with Crippen LogP contribution in [0, 0.1) is 0 Å². The number of ether oxygens (including phenoxy) is 3. The van der Waals surface area contributed by atoms with Gasteiger partial charge in [-0.2, -0.15) is 0 Å². The summed E-state index contributed by atoms with van der Waals surface area (Å²) in [6, 6.07) is 5.18. The Kier molecular flexibility index (Phi) is 6.80. The van der Waals surface area contributed by atoms with Crippen LogP contribution in [0.25, 0.3) is 0 Å². The molecule has 2 saturated heterocycles. The molecule has 11 nitrogen and oxygen atoms in total. The number of hydrogen-bond donors (Lipinski definition) is 1. The zero-order valence-corrected chi connectivity index (χ0v) is 18.9. The molecule has 11 heteroatoms. The maximum absolute atomic E-state index is 13.1. The summed E-state index contributed by atoms with van der Waals surface area (Å²) < 4.78 is 17.4. The molecule has 2 aliphatic heterocycles. The monoisotopic (exact) mass is 459 g/mol. The van der Waals surface area contributed by atoms with Crippen molar-refractivity contribution in [3.05, 3.63) is 35.7 Å². The summed E-state index contributed by atoms with van der Waals surface area (Å²) in [7, 11) is 3.02. The van der Waals surface area contributed by atoms with E-state index in [1.807, 2.05) is 0 Å². The van der Waals surface area contributed by atoms with Crippen molar-refractivity contribution in [2.75, 3.05) is 53.6 Å². The highest BCUT2D eigenvalue weighted by Gasteiger charge is 2.36. The Bertz CT molecular complexity index is 995. The predicted octanol–water partition coefficient (Wildman–Crippen LogP) is 0.435. The largest absolute Gasteiger partial charge is 0.493 e. The van der Waals surface area contributed by atoms with Gasteiger partial charge in [0.2, 0.25) is 0 Å². The first-order valence-corrected chi connectivity index (χ1v) is 10.9. The summed E-state index contributed by atoms with van der Waals surface area (Å²) in [6.07, 6.45) is 2.31. The third-order valence-corrected chi connectivity index (χ3v) is 6.13. The second-order valence-corrected chi connectivity index (χ2v) is 8.26. The number of nitrogens with zero attached hydrogens (tertiary/aromatic N) is 5. The molecule has 1 N–H and O–H groups in total. The molecule has 2 fully saturated rings. The van der Waals surface area contributed by atoms with E-state index in [1.165, 1.54) is 18.9 Å². The summed E-state index contributed by atoms with van der Waals surface area (Å²) >= 11 is 0. The van der Waals surface area contributed by atoms with Crippen LogP contribution in [0.15, 0.2) is 24.4 Å². The molecule has 0 radical (unpaired) electrons. The Morgan fingerprint density at radius 3 is 2.42 bits per heavy atom. The smallest absolute Gasteiger partial charge is 0.276 e.